The fraction of sp³-hybridized carbons (Fsp3) is 0.562. The Morgan fingerprint density at radius 3 is 2.39 bits per heavy atom. The van der Waals surface area contributed by atoms with Crippen molar-refractivity contribution >= 4 is 5.97 Å². The van der Waals surface area contributed by atoms with Gasteiger partial charge in [-0.25, -0.2) is 0 Å². The summed E-state index contributed by atoms with van der Waals surface area (Å²) in [5.74, 6) is 0.163. The summed E-state index contributed by atoms with van der Waals surface area (Å²) in [6.07, 6.45) is 2.75. The summed E-state index contributed by atoms with van der Waals surface area (Å²) in [5, 5.41) is 0. The molecule has 0 spiro atoms. The van der Waals surface area contributed by atoms with Crippen LogP contribution in [0, 0.1) is 11.3 Å². The number of carbonyl (C=O) groups is 1. The van der Waals surface area contributed by atoms with Crippen LogP contribution in [0.5, 0.6) is 0 Å². The Morgan fingerprint density at radius 2 is 1.89 bits per heavy atom. The smallest absolute Gasteiger partial charge is 0.309 e. The highest BCUT2D eigenvalue weighted by Gasteiger charge is 2.36. The summed E-state index contributed by atoms with van der Waals surface area (Å²) >= 11 is 0. The second kappa shape index (κ2) is 5.13. The lowest BCUT2D eigenvalue weighted by molar-refractivity contribution is -0.156. The molecule has 2 heteroatoms. The molecule has 1 fully saturated rings. The maximum absolute atomic E-state index is 11.8. The molecule has 2 nitrogen and oxygen atoms in total. The van der Waals surface area contributed by atoms with Crippen LogP contribution in [0.2, 0.25) is 0 Å². The number of esters is 1. The van der Waals surface area contributed by atoms with Crippen LogP contribution in [0.25, 0.3) is 0 Å². The predicted molar refractivity (Wildman–Crippen MR) is 72.2 cm³/mol. The predicted octanol–water partition coefficient (Wildman–Crippen LogP) is 3.60. The molecule has 0 saturated heterocycles. The highest BCUT2D eigenvalue weighted by molar-refractivity contribution is 5.75. The molecule has 0 N–H and O–H groups in total. The Bertz CT molecular complexity index is 399. The van der Waals surface area contributed by atoms with Crippen molar-refractivity contribution in [2.45, 2.75) is 46.1 Å². The van der Waals surface area contributed by atoms with Crippen LogP contribution in [0.15, 0.2) is 30.3 Å². The number of ether oxygens (including phenoxy) is 1. The number of hydrogen-bond donors (Lipinski definition) is 0. The molecule has 0 amide bonds. The summed E-state index contributed by atoms with van der Waals surface area (Å²) in [5.41, 5.74) is 1.20. The van der Waals surface area contributed by atoms with E-state index in [4.69, 9.17) is 4.74 Å². The van der Waals surface area contributed by atoms with Gasteiger partial charge < -0.3 is 4.74 Å². The molecule has 1 unspecified atom stereocenters. The minimum atomic E-state index is -0.0481. The Labute approximate surface area is 109 Å². The van der Waals surface area contributed by atoms with Crippen LogP contribution in [0.3, 0.4) is 0 Å². The van der Waals surface area contributed by atoms with Gasteiger partial charge in [0.1, 0.15) is 6.10 Å². The zero-order valence-corrected chi connectivity index (χ0v) is 11.5. The van der Waals surface area contributed by atoms with Gasteiger partial charge in [0.2, 0.25) is 0 Å². The first kappa shape index (κ1) is 13.1. The van der Waals surface area contributed by atoms with Gasteiger partial charge in [-0.05, 0) is 23.8 Å². The van der Waals surface area contributed by atoms with Crippen molar-refractivity contribution in [3.8, 4) is 0 Å². The largest absolute Gasteiger partial charge is 0.461 e. The molecule has 1 aliphatic carbocycles. The number of benzene rings is 1. The molecular weight excluding hydrogens is 224 g/mol. The molecule has 1 saturated carbocycles. The topological polar surface area (TPSA) is 26.3 Å². The summed E-state index contributed by atoms with van der Waals surface area (Å²) in [7, 11) is 0. The SMILES string of the molecule is CC(C)(C)C(Cc1ccccc1)OC(=O)C1CC1. The molecule has 0 aliphatic heterocycles. The van der Waals surface area contributed by atoms with Crippen LogP contribution < -0.4 is 0 Å². The van der Waals surface area contributed by atoms with E-state index in [2.05, 4.69) is 32.9 Å². The third kappa shape index (κ3) is 3.59. The summed E-state index contributed by atoms with van der Waals surface area (Å²) in [6.45, 7) is 6.38. The van der Waals surface area contributed by atoms with Crippen molar-refractivity contribution in [1.29, 1.82) is 0 Å². The van der Waals surface area contributed by atoms with Crippen molar-refractivity contribution < 1.29 is 9.53 Å². The molecule has 0 radical (unpaired) electrons. The zero-order chi connectivity index (χ0) is 13.2. The van der Waals surface area contributed by atoms with Gasteiger partial charge in [-0.1, -0.05) is 51.1 Å². The van der Waals surface area contributed by atoms with E-state index in [1.807, 2.05) is 18.2 Å². The van der Waals surface area contributed by atoms with Crippen LogP contribution in [-0.2, 0) is 16.0 Å². The molecule has 1 atom stereocenters. The molecule has 1 aromatic carbocycles. The van der Waals surface area contributed by atoms with Gasteiger partial charge in [0, 0.05) is 6.42 Å². The summed E-state index contributed by atoms with van der Waals surface area (Å²) in [4.78, 5) is 11.8. The fourth-order valence-electron chi connectivity index (χ4n) is 1.91. The normalized spacial score (nSPS) is 17.3. The van der Waals surface area contributed by atoms with Gasteiger partial charge in [-0.15, -0.1) is 0 Å². The van der Waals surface area contributed by atoms with Crippen molar-refractivity contribution in [3.63, 3.8) is 0 Å². The van der Waals surface area contributed by atoms with Crippen molar-refractivity contribution in [3.05, 3.63) is 35.9 Å². The standard InChI is InChI=1S/C16H22O2/c1-16(2,3)14(18-15(17)13-9-10-13)11-12-7-5-4-6-8-12/h4-8,13-14H,9-11H2,1-3H3. The number of rotatable bonds is 4. The maximum Gasteiger partial charge on any atom is 0.309 e. The molecule has 0 bridgehead atoms. The van der Waals surface area contributed by atoms with Gasteiger partial charge in [-0.2, -0.15) is 0 Å². The maximum atomic E-state index is 11.8. The van der Waals surface area contributed by atoms with E-state index < -0.39 is 0 Å². The minimum Gasteiger partial charge on any atom is -0.461 e. The fourth-order valence-corrected chi connectivity index (χ4v) is 1.91. The first-order chi connectivity index (χ1) is 8.47. The summed E-state index contributed by atoms with van der Waals surface area (Å²) in [6, 6.07) is 10.2. The Balaban J connectivity index is 2.03. The Hall–Kier alpha value is -1.31. The lowest BCUT2D eigenvalue weighted by Crippen LogP contribution is -2.34. The Kier molecular flexibility index (Phi) is 3.74. The van der Waals surface area contributed by atoms with Crippen LogP contribution in [0.1, 0.15) is 39.2 Å². The average Bonchev–Trinajstić information content (AvgIpc) is 3.12. The third-order valence-corrected chi connectivity index (χ3v) is 3.40. The molecule has 18 heavy (non-hydrogen) atoms. The summed E-state index contributed by atoms with van der Waals surface area (Å²) < 4.78 is 5.70. The lowest BCUT2D eigenvalue weighted by atomic mass is 9.85. The van der Waals surface area contributed by atoms with E-state index in [0.717, 1.165) is 19.3 Å². The number of carbonyl (C=O) groups excluding carboxylic acids is 1. The van der Waals surface area contributed by atoms with Crippen LogP contribution in [-0.4, -0.2) is 12.1 Å². The zero-order valence-electron chi connectivity index (χ0n) is 11.5. The van der Waals surface area contributed by atoms with Crippen molar-refractivity contribution in [2.75, 3.05) is 0 Å². The first-order valence-electron chi connectivity index (χ1n) is 6.71. The molecule has 1 aliphatic rings. The quantitative estimate of drug-likeness (QED) is 0.759. The monoisotopic (exact) mass is 246 g/mol. The van der Waals surface area contributed by atoms with E-state index in [1.54, 1.807) is 0 Å². The second-order valence-electron chi connectivity index (χ2n) is 6.26. The molecule has 0 heterocycles. The van der Waals surface area contributed by atoms with Gasteiger partial charge in [0.15, 0.2) is 0 Å². The highest BCUT2D eigenvalue weighted by Crippen LogP contribution is 2.33. The Morgan fingerprint density at radius 1 is 1.28 bits per heavy atom. The van der Waals surface area contributed by atoms with Crippen molar-refractivity contribution in [2.24, 2.45) is 11.3 Å². The molecular formula is C16H22O2. The van der Waals surface area contributed by atoms with E-state index in [-0.39, 0.29) is 23.4 Å². The van der Waals surface area contributed by atoms with Gasteiger partial charge in [0.05, 0.1) is 5.92 Å². The van der Waals surface area contributed by atoms with Gasteiger partial charge >= 0.3 is 5.97 Å². The van der Waals surface area contributed by atoms with Gasteiger partial charge in [0.25, 0.3) is 0 Å². The van der Waals surface area contributed by atoms with E-state index in [1.165, 1.54) is 5.56 Å². The van der Waals surface area contributed by atoms with Crippen molar-refractivity contribution in [1.82, 2.24) is 0 Å². The minimum absolute atomic E-state index is 0.00847. The van der Waals surface area contributed by atoms with E-state index in [9.17, 15) is 4.79 Å². The molecule has 1 aromatic rings. The van der Waals surface area contributed by atoms with E-state index >= 15 is 0 Å². The molecule has 0 aromatic heterocycles. The van der Waals surface area contributed by atoms with Gasteiger partial charge in [-0.3, -0.25) is 4.79 Å². The number of hydrogen-bond acceptors (Lipinski definition) is 2. The highest BCUT2D eigenvalue weighted by atomic mass is 16.5. The third-order valence-electron chi connectivity index (χ3n) is 3.40. The van der Waals surface area contributed by atoms with E-state index in [0.29, 0.717) is 0 Å². The molecule has 2 rings (SSSR count). The first-order valence-corrected chi connectivity index (χ1v) is 6.71. The van der Waals surface area contributed by atoms with Crippen LogP contribution >= 0.6 is 0 Å². The lowest BCUT2D eigenvalue weighted by Gasteiger charge is -2.30. The average molecular weight is 246 g/mol. The van der Waals surface area contributed by atoms with Crippen LogP contribution in [0.4, 0.5) is 0 Å². The second-order valence-corrected chi connectivity index (χ2v) is 6.26. The molecule has 98 valence electrons.